The third-order valence-electron chi connectivity index (χ3n) is 5.98. The molecule has 2 aliphatic rings. The fourth-order valence-electron chi connectivity index (χ4n) is 4.30. The van der Waals surface area contributed by atoms with Crippen LogP contribution in [0.4, 0.5) is 5.69 Å². The van der Waals surface area contributed by atoms with Crippen LogP contribution < -0.4 is 9.64 Å². The summed E-state index contributed by atoms with van der Waals surface area (Å²) in [6, 6.07) is 8.37. The number of amides is 1. The van der Waals surface area contributed by atoms with E-state index in [4.69, 9.17) is 9.84 Å². The topological polar surface area (TPSA) is 86.2 Å². The molecule has 0 radical (unpaired) electrons. The zero-order valence-corrected chi connectivity index (χ0v) is 19.7. The van der Waals surface area contributed by atoms with Crippen LogP contribution in [-0.4, -0.2) is 89.9 Å². The van der Waals surface area contributed by atoms with Gasteiger partial charge in [0.25, 0.3) is 0 Å². The summed E-state index contributed by atoms with van der Waals surface area (Å²) in [4.78, 5) is 34.4. The lowest BCUT2D eigenvalue weighted by molar-refractivity contribution is -0.128. The second kappa shape index (κ2) is 10.5. The van der Waals surface area contributed by atoms with Gasteiger partial charge in [-0.05, 0) is 18.6 Å². The highest BCUT2D eigenvalue weighted by molar-refractivity contribution is 8.01. The number of carboxylic acids is 1. The molecule has 32 heavy (non-hydrogen) atoms. The number of hydrogen-bond donors (Lipinski definition) is 1. The number of thiazole rings is 1. The van der Waals surface area contributed by atoms with Gasteiger partial charge < -0.3 is 19.6 Å². The number of aromatic carboxylic acids is 1. The summed E-state index contributed by atoms with van der Waals surface area (Å²) in [7, 11) is 1.71. The third-order valence-corrected chi connectivity index (χ3v) is 7.98. The van der Waals surface area contributed by atoms with Gasteiger partial charge in [-0.25, -0.2) is 9.78 Å². The first-order valence-electron chi connectivity index (χ1n) is 10.8. The van der Waals surface area contributed by atoms with Gasteiger partial charge in [-0.2, -0.15) is 0 Å². The molecule has 2 aromatic rings. The van der Waals surface area contributed by atoms with Crippen molar-refractivity contribution in [2.75, 3.05) is 57.0 Å². The van der Waals surface area contributed by atoms with Crippen molar-refractivity contribution in [1.29, 1.82) is 0 Å². The Bertz CT molecular complexity index is 946. The number of carbonyl (C=O) groups excluding carboxylic acids is 1. The van der Waals surface area contributed by atoms with E-state index in [1.54, 1.807) is 12.5 Å². The van der Waals surface area contributed by atoms with Crippen molar-refractivity contribution >= 4 is 40.7 Å². The van der Waals surface area contributed by atoms with Gasteiger partial charge in [-0.3, -0.25) is 9.69 Å². The Labute approximate surface area is 196 Å². The third kappa shape index (κ3) is 5.36. The van der Waals surface area contributed by atoms with Gasteiger partial charge in [-0.15, -0.1) is 11.3 Å². The quantitative estimate of drug-likeness (QED) is 0.553. The van der Waals surface area contributed by atoms with E-state index in [2.05, 4.69) is 20.9 Å². The average molecular weight is 477 g/mol. The van der Waals surface area contributed by atoms with E-state index >= 15 is 0 Å². The molecular formula is C22H28N4O4S2. The first kappa shape index (κ1) is 22.9. The Kier molecular flexibility index (Phi) is 7.54. The highest BCUT2D eigenvalue weighted by atomic mass is 32.2. The molecule has 0 aliphatic carbocycles. The van der Waals surface area contributed by atoms with Crippen molar-refractivity contribution in [3.63, 3.8) is 0 Å². The molecule has 0 saturated carbocycles. The maximum absolute atomic E-state index is 12.5. The van der Waals surface area contributed by atoms with Crippen molar-refractivity contribution in [3.8, 4) is 5.75 Å². The summed E-state index contributed by atoms with van der Waals surface area (Å²) in [5.74, 6) is 0.833. The maximum atomic E-state index is 12.5. The summed E-state index contributed by atoms with van der Waals surface area (Å²) in [5.41, 5.74) is 1.22. The monoisotopic (exact) mass is 476 g/mol. The highest BCUT2D eigenvalue weighted by Crippen LogP contribution is 2.29. The number of hydrogen-bond acceptors (Lipinski definition) is 8. The Hall–Kier alpha value is -2.30. The molecule has 3 heterocycles. The molecule has 1 aromatic carbocycles. The lowest BCUT2D eigenvalue weighted by atomic mass is 10.1. The summed E-state index contributed by atoms with van der Waals surface area (Å²) in [5, 5.41) is 10.6. The van der Waals surface area contributed by atoms with Crippen molar-refractivity contribution in [1.82, 2.24) is 14.8 Å². The number of methoxy groups -OCH3 is 1. The lowest BCUT2D eigenvalue weighted by Crippen LogP contribution is -2.51. The van der Waals surface area contributed by atoms with Crippen LogP contribution in [0.5, 0.6) is 5.75 Å². The lowest BCUT2D eigenvalue weighted by Gasteiger charge is -2.38. The number of thioether (sulfide) groups is 1. The summed E-state index contributed by atoms with van der Waals surface area (Å²) >= 11 is 2.85. The number of rotatable bonds is 9. The molecule has 1 aromatic heterocycles. The summed E-state index contributed by atoms with van der Waals surface area (Å²) in [6.45, 7) is 5.36. The molecule has 4 rings (SSSR count). The number of likely N-dealkylation sites (tertiary alicyclic amines) is 1. The van der Waals surface area contributed by atoms with E-state index in [9.17, 15) is 9.59 Å². The number of aromatic nitrogens is 1. The van der Waals surface area contributed by atoms with Crippen LogP contribution in [0, 0.1) is 0 Å². The Morgan fingerprint density at radius 2 is 2.06 bits per heavy atom. The molecule has 0 bridgehead atoms. The maximum Gasteiger partial charge on any atom is 0.355 e. The molecule has 8 nitrogen and oxygen atoms in total. The van der Waals surface area contributed by atoms with Gasteiger partial charge in [0.1, 0.15) is 5.75 Å². The average Bonchev–Trinajstić information content (AvgIpc) is 3.42. The van der Waals surface area contributed by atoms with Gasteiger partial charge in [0.2, 0.25) is 5.91 Å². The molecule has 1 atom stereocenters. The number of nitrogens with zero attached hydrogens (tertiary/aromatic N) is 4. The number of ether oxygens (including phenoxy) is 1. The predicted octanol–water partition coefficient (Wildman–Crippen LogP) is 2.76. The molecule has 1 amide bonds. The van der Waals surface area contributed by atoms with Gasteiger partial charge in [-0.1, -0.05) is 23.9 Å². The molecule has 2 aliphatic heterocycles. The second-order valence-electron chi connectivity index (χ2n) is 7.89. The van der Waals surface area contributed by atoms with Crippen LogP contribution >= 0.6 is 23.1 Å². The Morgan fingerprint density at radius 3 is 2.78 bits per heavy atom. The number of carboxylic acid groups (broad SMARTS) is 1. The standard InChI is InChI=1S/C22H28N4O4S2/c1-30-19-5-3-2-4-18(19)25-10-8-24(9-11-25)14-16-6-7-20(27)26(16)12-13-31-22-23-17(15-32-22)21(28)29/h2-5,15-16H,6-14H2,1H3,(H,28,29). The van der Waals surface area contributed by atoms with Crippen molar-refractivity contribution in [2.45, 2.75) is 23.2 Å². The zero-order chi connectivity index (χ0) is 22.5. The van der Waals surface area contributed by atoms with Gasteiger partial charge in [0.15, 0.2) is 10.0 Å². The van der Waals surface area contributed by atoms with Gasteiger partial charge in [0.05, 0.1) is 12.8 Å². The van der Waals surface area contributed by atoms with E-state index in [0.29, 0.717) is 13.0 Å². The molecule has 2 fully saturated rings. The molecule has 1 N–H and O–H groups in total. The van der Waals surface area contributed by atoms with Crippen LogP contribution in [-0.2, 0) is 4.79 Å². The van der Waals surface area contributed by atoms with Gasteiger partial charge >= 0.3 is 5.97 Å². The zero-order valence-electron chi connectivity index (χ0n) is 18.1. The van der Waals surface area contributed by atoms with Crippen LogP contribution in [0.2, 0.25) is 0 Å². The largest absolute Gasteiger partial charge is 0.495 e. The second-order valence-corrected chi connectivity index (χ2v) is 10.1. The smallest absolute Gasteiger partial charge is 0.355 e. The van der Waals surface area contributed by atoms with Crippen LogP contribution in [0.15, 0.2) is 34.0 Å². The number of benzene rings is 1. The minimum atomic E-state index is -1.01. The Morgan fingerprint density at radius 1 is 1.28 bits per heavy atom. The molecule has 2 saturated heterocycles. The summed E-state index contributed by atoms with van der Waals surface area (Å²) < 4.78 is 6.24. The fourth-order valence-corrected chi connectivity index (χ4v) is 6.11. The SMILES string of the molecule is COc1ccccc1N1CCN(CC2CCC(=O)N2CCSc2nc(C(=O)O)cs2)CC1. The summed E-state index contributed by atoms with van der Waals surface area (Å²) in [6.07, 6.45) is 1.51. The van der Waals surface area contributed by atoms with Crippen LogP contribution in [0.25, 0.3) is 0 Å². The predicted molar refractivity (Wildman–Crippen MR) is 126 cm³/mol. The molecule has 172 valence electrons. The fraction of sp³-hybridized carbons (Fsp3) is 0.500. The first-order chi connectivity index (χ1) is 15.5. The first-order valence-corrected chi connectivity index (χ1v) is 12.6. The Balaban J connectivity index is 1.26. The van der Waals surface area contributed by atoms with Crippen molar-refractivity contribution in [3.05, 3.63) is 35.3 Å². The van der Waals surface area contributed by atoms with E-state index < -0.39 is 5.97 Å². The number of carbonyl (C=O) groups is 2. The van der Waals surface area contributed by atoms with Crippen LogP contribution in [0.1, 0.15) is 23.3 Å². The minimum Gasteiger partial charge on any atom is -0.495 e. The number of anilines is 1. The van der Waals surface area contributed by atoms with Crippen molar-refractivity contribution in [2.24, 2.45) is 0 Å². The van der Waals surface area contributed by atoms with E-state index in [1.165, 1.54) is 23.1 Å². The van der Waals surface area contributed by atoms with E-state index in [-0.39, 0.29) is 17.6 Å². The number of para-hydroxylation sites is 2. The van der Waals surface area contributed by atoms with E-state index in [0.717, 1.165) is 60.7 Å². The number of piperazine rings is 1. The van der Waals surface area contributed by atoms with Crippen molar-refractivity contribution < 1.29 is 19.4 Å². The normalized spacial score (nSPS) is 19.5. The van der Waals surface area contributed by atoms with Crippen LogP contribution in [0.3, 0.4) is 0 Å². The molecule has 10 heteroatoms. The highest BCUT2D eigenvalue weighted by Gasteiger charge is 2.32. The van der Waals surface area contributed by atoms with Gasteiger partial charge in [0, 0.05) is 62.9 Å². The minimum absolute atomic E-state index is 0.0832. The molecule has 1 unspecified atom stereocenters. The molecular weight excluding hydrogens is 448 g/mol. The molecule has 0 spiro atoms. The van der Waals surface area contributed by atoms with E-state index in [1.807, 2.05) is 23.1 Å².